The summed E-state index contributed by atoms with van der Waals surface area (Å²) in [7, 11) is 1.56. The number of hydrogen-bond acceptors (Lipinski definition) is 4. The second-order valence-corrected chi connectivity index (χ2v) is 5.41. The zero-order valence-corrected chi connectivity index (χ0v) is 14.1. The molecule has 1 atom stereocenters. The van der Waals surface area contributed by atoms with Crippen LogP contribution in [0.4, 0.5) is 0 Å². The van der Waals surface area contributed by atoms with Gasteiger partial charge in [0.2, 0.25) is 5.91 Å². The van der Waals surface area contributed by atoms with Crippen LogP contribution < -0.4 is 14.8 Å². The molecule has 1 amide bonds. The molecule has 0 radical (unpaired) electrons. The molecule has 0 spiro atoms. The van der Waals surface area contributed by atoms with E-state index in [1.54, 1.807) is 25.3 Å². The lowest BCUT2D eigenvalue weighted by molar-refractivity contribution is -0.119. The Kier molecular flexibility index (Phi) is 6.90. The van der Waals surface area contributed by atoms with Crippen molar-refractivity contribution < 1.29 is 19.4 Å². The highest BCUT2D eigenvalue weighted by atomic mass is 35.5. The third-order valence-electron chi connectivity index (χ3n) is 3.42. The molecule has 0 fully saturated rings. The smallest absolute Gasteiger partial charge is 0.235 e. The van der Waals surface area contributed by atoms with Crippen LogP contribution in [0.25, 0.3) is 0 Å². The maximum Gasteiger partial charge on any atom is 0.235 e. The van der Waals surface area contributed by atoms with Gasteiger partial charge in [-0.2, -0.15) is 0 Å². The fourth-order valence-electron chi connectivity index (χ4n) is 2.12. The van der Waals surface area contributed by atoms with Crippen LogP contribution >= 0.6 is 11.6 Å². The predicted octanol–water partition coefficient (Wildman–Crippen LogP) is 2.66. The summed E-state index contributed by atoms with van der Waals surface area (Å²) in [6.07, 6.45) is -0.859. The molecule has 0 aliphatic heterocycles. The Morgan fingerprint density at radius 1 is 1.21 bits per heavy atom. The Morgan fingerprint density at radius 2 is 1.96 bits per heavy atom. The van der Waals surface area contributed by atoms with Gasteiger partial charge in [0, 0.05) is 6.54 Å². The number of ether oxygens (including phenoxy) is 2. The van der Waals surface area contributed by atoms with Crippen LogP contribution in [-0.2, 0) is 11.4 Å². The first kappa shape index (κ1) is 18.1. The molecule has 5 nitrogen and oxygen atoms in total. The molecule has 1 unspecified atom stereocenters. The molecule has 0 saturated carbocycles. The molecule has 6 heteroatoms. The normalized spacial score (nSPS) is 11.6. The first-order valence-corrected chi connectivity index (χ1v) is 8.03. The standard InChI is InChI=1S/C18H20ClNO4/c1-23-16-8-7-14(15(21)11-20-18(22)10-19)9-17(16)24-12-13-5-3-2-4-6-13/h2-9,15,21H,10-12H2,1H3,(H,20,22). The number of aliphatic hydroxyl groups is 1. The van der Waals surface area contributed by atoms with Crippen molar-refractivity contribution in [3.63, 3.8) is 0 Å². The summed E-state index contributed by atoms with van der Waals surface area (Å²) in [6, 6.07) is 14.9. The molecular formula is C18H20ClNO4. The summed E-state index contributed by atoms with van der Waals surface area (Å²) >= 11 is 5.42. The van der Waals surface area contributed by atoms with E-state index in [1.165, 1.54) is 0 Å². The van der Waals surface area contributed by atoms with Crippen LogP contribution in [0.3, 0.4) is 0 Å². The maximum atomic E-state index is 11.2. The van der Waals surface area contributed by atoms with E-state index in [2.05, 4.69) is 5.32 Å². The lowest BCUT2D eigenvalue weighted by Crippen LogP contribution is -2.29. The quantitative estimate of drug-likeness (QED) is 0.719. The van der Waals surface area contributed by atoms with Crippen molar-refractivity contribution in [2.45, 2.75) is 12.7 Å². The number of halogens is 1. The van der Waals surface area contributed by atoms with Gasteiger partial charge in [0.25, 0.3) is 0 Å². The number of nitrogens with one attached hydrogen (secondary N) is 1. The van der Waals surface area contributed by atoms with Gasteiger partial charge in [-0.05, 0) is 23.3 Å². The molecule has 0 aliphatic carbocycles. The lowest BCUT2D eigenvalue weighted by Gasteiger charge is -2.16. The van der Waals surface area contributed by atoms with Gasteiger partial charge in [-0.3, -0.25) is 4.79 Å². The molecule has 2 aromatic rings. The van der Waals surface area contributed by atoms with Crippen molar-refractivity contribution in [1.29, 1.82) is 0 Å². The number of rotatable bonds is 8. The number of alkyl halides is 1. The minimum absolute atomic E-state index is 0.0794. The maximum absolute atomic E-state index is 11.2. The van der Waals surface area contributed by atoms with Crippen molar-refractivity contribution in [2.75, 3.05) is 19.5 Å². The summed E-state index contributed by atoms with van der Waals surface area (Å²) in [4.78, 5) is 11.2. The second kappa shape index (κ2) is 9.15. The number of amides is 1. The van der Waals surface area contributed by atoms with Crippen molar-refractivity contribution in [3.8, 4) is 11.5 Å². The van der Waals surface area contributed by atoms with Crippen LogP contribution in [-0.4, -0.2) is 30.5 Å². The summed E-state index contributed by atoms with van der Waals surface area (Å²) in [5.74, 6) is 0.638. The summed E-state index contributed by atoms with van der Waals surface area (Å²) < 4.78 is 11.1. The van der Waals surface area contributed by atoms with Crippen LogP contribution in [0.15, 0.2) is 48.5 Å². The molecule has 128 valence electrons. The van der Waals surface area contributed by atoms with Crippen LogP contribution in [0, 0.1) is 0 Å². The number of carbonyl (C=O) groups excluding carboxylic acids is 1. The first-order valence-electron chi connectivity index (χ1n) is 7.49. The molecule has 2 aromatic carbocycles. The van der Waals surface area contributed by atoms with E-state index in [0.717, 1.165) is 5.56 Å². The Morgan fingerprint density at radius 3 is 2.62 bits per heavy atom. The van der Waals surface area contributed by atoms with E-state index in [-0.39, 0.29) is 18.3 Å². The van der Waals surface area contributed by atoms with Gasteiger partial charge in [-0.1, -0.05) is 36.4 Å². The van der Waals surface area contributed by atoms with Gasteiger partial charge in [0.15, 0.2) is 11.5 Å². The van der Waals surface area contributed by atoms with E-state index in [9.17, 15) is 9.90 Å². The fraction of sp³-hybridized carbons (Fsp3) is 0.278. The first-order chi connectivity index (χ1) is 11.6. The van der Waals surface area contributed by atoms with Crippen LogP contribution in [0.2, 0.25) is 0 Å². The molecule has 0 aliphatic rings. The van der Waals surface area contributed by atoms with Crippen molar-refractivity contribution in [3.05, 3.63) is 59.7 Å². The van der Waals surface area contributed by atoms with Gasteiger partial charge in [0.05, 0.1) is 13.2 Å². The molecule has 0 saturated heterocycles. The lowest BCUT2D eigenvalue weighted by atomic mass is 10.1. The minimum atomic E-state index is -0.859. The third kappa shape index (κ3) is 5.15. The van der Waals surface area contributed by atoms with Crippen molar-refractivity contribution in [2.24, 2.45) is 0 Å². The monoisotopic (exact) mass is 349 g/mol. The molecule has 0 aromatic heterocycles. The van der Waals surface area contributed by atoms with Gasteiger partial charge in [-0.15, -0.1) is 11.6 Å². The Balaban J connectivity index is 2.07. The molecule has 0 heterocycles. The summed E-state index contributed by atoms with van der Waals surface area (Å²) in [6.45, 7) is 0.468. The molecule has 2 N–H and O–H groups in total. The van der Waals surface area contributed by atoms with Gasteiger partial charge in [0.1, 0.15) is 12.5 Å². The zero-order chi connectivity index (χ0) is 17.4. The van der Waals surface area contributed by atoms with Crippen LogP contribution in [0.1, 0.15) is 17.2 Å². The zero-order valence-electron chi connectivity index (χ0n) is 13.4. The SMILES string of the molecule is COc1ccc(C(O)CNC(=O)CCl)cc1OCc1ccccc1. The largest absolute Gasteiger partial charge is 0.493 e. The molecular weight excluding hydrogens is 330 g/mol. The number of aliphatic hydroxyl groups excluding tert-OH is 1. The van der Waals surface area contributed by atoms with E-state index >= 15 is 0 Å². The van der Waals surface area contributed by atoms with Gasteiger partial charge >= 0.3 is 0 Å². The highest BCUT2D eigenvalue weighted by Crippen LogP contribution is 2.31. The number of benzene rings is 2. The van der Waals surface area contributed by atoms with E-state index in [4.69, 9.17) is 21.1 Å². The Hall–Kier alpha value is -2.24. The average molecular weight is 350 g/mol. The molecule has 24 heavy (non-hydrogen) atoms. The predicted molar refractivity (Wildman–Crippen MR) is 92.5 cm³/mol. The number of carbonyl (C=O) groups is 1. The second-order valence-electron chi connectivity index (χ2n) is 5.14. The number of hydrogen-bond donors (Lipinski definition) is 2. The van der Waals surface area contributed by atoms with E-state index in [1.807, 2.05) is 30.3 Å². The van der Waals surface area contributed by atoms with E-state index in [0.29, 0.717) is 23.7 Å². The Bertz CT molecular complexity index is 663. The summed E-state index contributed by atoms with van der Waals surface area (Å²) in [5, 5.41) is 12.7. The average Bonchev–Trinajstić information content (AvgIpc) is 2.64. The minimum Gasteiger partial charge on any atom is -0.493 e. The molecule has 0 bridgehead atoms. The number of methoxy groups -OCH3 is 1. The highest BCUT2D eigenvalue weighted by molar-refractivity contribution is 6.27. The summed E-state index contributed by atoms with van der Waals surface area (Å²) in [5.41, 5.74) is 1.65. The van der Waals surface area contributed by atoms with E-state index < -0.39 is 6.10 Å². The van der Waals surface area contributed by atoms with Gasteiger partial charge in [-0.25, -0.2) is 0 Å². The Labute approximate surface area is 146 Å². The topological polar surface area (TPSA) is 67.8 Å². The highest BCUT2D eigenvalue weighted by Gasteiger charge is 2.13. The van der Waals surface area contributed by atoms with Gasteiger partial charge < -0.3 is 19.9 Å². The van der Waals surface area contributed by atoms with Crippen LogP contribution in [0.5, 0.6) is 11.5 Å². The molecule has 2 rings (SSSR count). The van der Waals surface area contributed by atoms with Crippen molar-refractivity contribution in [1.82, 2.24) is 5.32 Å². The third-order valence-corrected chi connectivity index (χ3v) is 3.67. The van der Waals surface area contributed by atoms with Crippen molar-refractivity contribution >= 4 is 17.5 Å². The fourth-order valence-corrected chi connectivity index (χ4v) is 2.22.